The van der Waals surface area contributed by atoms with E-state index >= 15 is 0 Å². The van der Waals surface area contributed by atoms with Crippen molar-refractivity contribution in [3.05, 3.63) is 47.5 Å². The molecule has 1 aliphatic heterocycles. The molecule has 7 heteroatoms. The number of anilines is 1. The van der Waals surface area contributed by atoms with Crippen LogP contribution >= 0.6 is 11.3 Å². The Bertz CT molecular complexity index is 987. The topological polar surface area (TPSA) is 75.5 Å². The number of aliphatic hydroxyl groups is 1. The molecular weight excluding hydrogens is 362 g/mol. The second-order valence-electron chi connectivity index (χ2n) is 6.29. The molecule has 1 aromatic carbocycles. The maximum absolute atomic E-state index is 12.4. The predicted molar refractivity (Wildman–Crippen MR) is 105 cm³/mol. The van der Waals surface area contributed by atoms with Crippen LogP contribution in [-0.4, -0.2) is 40.2 Å². The summed E-state index contributed by atoms with van der Waals surface area (Å²) in [6.45, 7) is 3.86. The number of carbonyl (C=O) groups is 1. The maximum Gasteiger partial charge on any atom is 0.267 e. The van der Waals surface area contributed by atoms with Crippen LogP contribution in [0.2, 0.25) is 0 Å². The minimum atomic E-state index is -0.563. The lowest BCUT2D eigenvalue weighted by Gasteiger charge is -2.32. The van der Waals surface area contributed by atoms with Crippen LogP contribution in [-0.2, 0) is 4.79 Å². The highest BCUT2D eigenvalue weighted by Crippen LogP contribution is 2.39. The molecule has 138 valence electrons. The number of thiazole rings is 1. The van der Waals surface area contributed by atoms with Gasteiger partial charge in [0.1, 0.15) is 10.8 Å². The highest BCUT2D eigenvalue weighted by Gasteiger charge is 2.31. The number of rotatable bonds is 4. The molecule has 1 atom stereocenters. The highest BCUT2D eigenvalue weighted by molar-refractivity contribution is 7.15. The average molecular weight is 381 g/mol. The van der Waals surface area contributed by atoms with Crippen LogP contribution in [0.15, 0.2) is 42.6 Å². The molecule has 0 spiro atoms. The fourth-order valence-corrected chi connectivity index (χ4v) is 4.06. The first-order valence-corrected chi connectivity index (χ1v) is 9.52. The molecule has 0 radical (unpaired) electrons. The van der Waals surface area contributed by atoms with Crippen LogP contribution < -0.4 is 9.64 Å². The number of hydrogen-bond donors (Lipinski definition) is 1. The summed E-state index contributed by atoms with van der Waals surface area (Å²) in [5, 5.41) is 10.2. The van der Waals surface area contributed by atoms with Crippen molar-refractivity contribution < 1.29 is 14.6 Å². The van der Waals surface area contributed by atoms with Crippen molar-refractivity contribution in [1.82, 2.24) is 9.97 Å². The van der Waals surface area contributed by atoms with Gasteiger partial charge in [-0.25, -0.2) is 4.98 Å². The summed E-state index contributed by atoms with van der Waals surface area (Å²) in [5.74, 6) is 0.481. The Kier molecular flexibility index (Phi) is 4.63. The maximum atomic E-state index is 12.4. The van der Waals surface area contributed by atoms with E-state index in [0.717, 1.165) is 26.8 Å². The van der Waals surface area contributed by atoms with Crippen LogP contribution in [0.25, 0.3) is 22.0 Å². The van der Waals surface area contributed by atoms with Gasteiger partial charge in [0, 0.05) is 23.2 Å². The van der Waals surface area contributed by atoms with Crippen molar-refractivity contribution in [2.45, 2.75) is 20.0 Å². The van der Waals surface area contributed by atoms with Crippen LogP contribution in [0, 0.1) is 6.92 Å². The van der Waals surface area contributed by atoms with Crippen molar-refractivity contribution in [2.24, 2.45) is 0 Å². The van der Waals surface area contributed by atoms with Crippen LogP contribution in [0.4, 0.5) is 5.69 Å². The number of ether oxygens (including phenoxy) is 1. The number of amides is 1. The number of benzene rings is 1. The largest absolute Gasteiger partial charge is 0.479 e. The first-order chi connectivity index (χ1) is 13.1. The molecule has 3 aromatic rings. The molecule has 0 saturated carbocycles. The number of carbonyl (C=O) groups excluding carboxylic acids is 1. The lowest BCUT2D eigenvalue weighted by Crippen LogP contribution is -2.45. The minimum absolute atomic E-state index is 0.109. The Morgan fingerprint density at radius 3 is 2.89 bits per heavy atom. The second-order valence-corrected chi connectivity index (χ2v) is 7.50. The molecule has 0 saturated heterocycles. The molecular formula is C20H19N3O3S. The lowest BCUT2D eigenvalue weighted by atomic mass is 10.1. The van der Waals surface area contributed by atoms with Gasteiger partial charge < -0.3 is 14.7 Å². The number of aliphatic hydroxyl groups excluding tert-OH is 1. The molecule has 6 nitrogen and oxygen atoms in total. The summed E-state index contributed by atoms with van der Waals surface area (Å²) in [7, 11) is 0. The zero-order valence-electron chi connectivity index (χ0n) is 15.0. The molecule has 1 aliphatic rings. The smallest absolute Gasteiger partial charge is 0.267 e. The second kappa shape index (κ2) is 7.09. The van der Waals surface area contributed by atoms with E-state index < -0.39 is 6.10 Å². The van der Waals surface area contributed by atoms with E-state index in [4.69, 9.17) is 9.72 Å². The Balaban J connectivity index is 1.76. The van der Waals surface area contributed by atoms with E-state index in [2.05, 4.69) is 4.98 Å². The van der Waals surface area contributed by atoms with Gasteiger partial charge in [-0.05, 0) is 44.2 Å². The molecule has 1 amide bonds. The van der Waals surface area contributed by atoms with Gasteiger partial charge in [0.25, 0.3) is 5.91 Å². The van der Waals surface area contributed by atoms with Crippen LogP contribution in [0.5, 0.6) is 5.75 Å². The number of fused-ring (bicyclic) bond motifs is 1. The molecule has 1 N–H and O–H groups in total. The summed E-state index contributed by atoms with van der Waals surface area (Å²) < 4.78 is 5.72. The summed E-state index contributed by atoms with van der Waals surface area (Å²) in [6, 6.07) is 11.5. The summed E-state index contributed by atoms with van der Waals surface area (Å²) >= 11 is 1.59. The number of hydrogen-bond acceptors (Lipinski definition) is 6. The van der Waals surface area contributed by atoms with E-state index in [9.17, 15) is 9.90 Å². The van der Waals surface area contributed by atoms with Crippen molar-refractivity contribution in [3.63, 3.8) is 0 Å². The van der Waals surface area contributed by atoms with E-state index in [1.165, 1.54) is 0 Å². The Labute approximate surface area is 161 Å². The molecule has 1 unspecified atom stereocenters. The van der Waals surface area contributed by atoms with Gasteiger partial charge in [0.2, 0.25) is 0 Å². The van der Waals surface area contributed by atoms with Gasteiger partial charge in [0.05, 0.1) is 23.7 Å². The molecule has 0 bridgehead atoms. The van der Waals surface area contributed by atoms with Crippen molar-refractivity contribution in [2.75, 3.05) is 18.1 Å². The van der Waals surface area contributed by atoms with E-state index in [1.54, 1.807) is 29.4 Å². The highest BCUT2D eigenvalue weighted by atomic mass is 32.1. The summed E-state index contributed by atoms with van der Waals surface area (Å²) in [6.07, 6.45) is 1.19. The first-order valence-electron chi connectivity index (χ1n) is 8.70. The molecule has 2 aromatic heterocycles. The fraction of sp³-hybridized carbons (Fsp3) is 0.250. The average Bonchev–Trinajstić information content (AvgIpc) is 3.08. The zero-order chi connectivity index (χ0) is 19.0. The third-order valence-corrected chi connectivity index (χ3v) is 5.44. The predicted octanol–water partition coefficient (Wildman–Crippen LogP) is 3.29. The van der Waals surface area contributed by atoms with Crippen LogP contribution in [0.3, 0.4) is 0 Å². The zero-order valence-corrected chi connectivity index (χ0v) is 15.9. The Hall–Kier alpha value is -2.77. The van der Waals surface area contributed by atoms with Gasteiger partial charge in [-0.2, -0.15) is 0 Å². The van der Waals surface area contributed by atoms with Gasteiger partial charge in [-0.15, -0.1) is 11.3 Å². The van der Waals surface area contributed by atoms with Crippen molar-refractivity contribution in [3.8, 4) is 27.7 Å². The standard InChI is InChI=1S/C20H19N3O3S/c1-12-20(25)23(9-10-24)16-11-14(6-7-17(16)26-12)18-13(2)27-19(22-18)15-5-3-4-8-21-15/h3-8,11-12,24H,9-10H2,1-2H3. The number of aromatic nitrogens is 2. The van der Waals surface area contributed by atoms with Gasteiger partial charge in [-0.3, -0.25) is 9.78 Å². The van der Waals surface area contributed by atoms with Crippen molar-refractivity contribution >= 4 is 22.9 Å². The summed E-state index contributed by atoms with van der Waals surface area (Å²) in [4.78, 5) is 24.2. The van der Waals surface area contributed by atoms with Gasteiger partial charge in [-0.1, -0.05) is 6.07 Å². The molecule has 3 heterocycles. The molecule has 0 aliphatic carbocycles. The number of β-amino-alcohol motifs (C(OH)–C–C–N with tert-alkyl or cyclic N) is 1. The molecule has 27 heavy (non-hydrogen) atoms. The molecule has 4 rings (SSSR count). The van der Waals surface area contributed by atoms with Crippen molar-refractivity contribution in [1.29, 1.82) is 0 Å². The quantitative estimate of drug-likeness (QED) is 0.751. The van der Waals surface area contributed by atoms with Gasteiger partial charge >= 0.3 is 0 Å². The third-order valence-electron chi connectivity index (χ3n) is 4.44. The van der Waals surface area contributed by atoms with Gasteiger partial charge in [0.15, 0.2) is 6.10 Å². The fourth-order valence-electron chi connectivity index (χ4n) is 3.15. The van der Waals surface area contributed by atoms with Crippen LogP contribution in [0.1, 0.15) is 11.8 Å². The number of nitrogens with zero attached hydrogens (tertiary/aromatic N) is 3. The normalized spacial score (nSPS) is 16.2. The SMILES string of the molecule is Cc1sc(-c2ccccn2)nc1-c1ccc2c(c1)N(CCO)C(=O)C(C)O2. The lowest BCUT2D eigenvalue weighted by molar-refractivity contribution is -0.125. The van der Waals surface area contributed by atoms with E-state index in [-0.39, 0.29) is 19.1 Å². The molecule has 0 fully saturated rings. The monoisotopic (exact) mass is 381 g/mol. The first kappa shape index (κ1) is 17.6. The minimum Gasteiger partial charge on any atom is -0.479 e. The number of aryl methyl sites for hydroxylation is 1. The van der Waals surface area contributed by atoms with E-state index in [0.29, 0.717) is 11.4 Å². The van der Waals surface area contributed by atoms with E-state index in [1.807, 2.05) is 43.3 Å². The Morgan fingerprint density at radius 2 is 2.15 bits per heavy atom. The third kappa shape index (κ3) is 3.20. The summed E-state index contributed by atoms with van der Waals surface area (Å²) in [5.41, 5.74) is 3.26. The number of pyridine rings is 1. The Morgan fingerprint density at radius 1 is 1.30 bits per heavy atom.